The minimum atomic E-state index is 0.677. The highest BCUT2D eigenvalue weighted by Gasteiger charge is 2.40. The first kappa shape index (κ1) is 11.4. The van der Waals surface area contributed by atoms with Crippen molar-refractivity contribution in [3.63, 3.8) is 0 Å². The van der Waals surface area contributed by atoms with Crippen molar-refractivity contribution in [2.75, 3.05) is 18.1 Å². The molecular formula is C11H23NS. The van der Waals surface area contributed by atoms with E-state index >= 15 is 0 Å². The average Bonchev–Trinajstić information content (AvgIpc) is 2.80. The molecule has 0 unspecified atom stereocenters. The Morgan fingerprint density at radius 3 is 2.54 bits per heavy atom. The van der Waals surface area contributed by atoms with E-state index in [4.69, 9.17) is 5.73 Å². The molecule has 0 aliphatic heterocycles. The standard InChI is InChI=1S/C11H23NS/c1-10(2)3-8-13-9-11(4-5-11)6-7-12/h10H,3-9,12H2,1-2H3. The first-order valence-corrected chi connectivity index (χ1v) is 6.62. The molecule has 0 radical (unpaired) electrons. The van der Waals surface area contributed by atoms with Crippen molar-refractivity contribution in [2.24, 2.45) is 17.1 Å². The van der Waals surface area contributed by atoms with Crippen LogP contribution in [-0.2, 0) is 0 Å². The molecule has 0 bridgehead atoms. The maximum Gasteiger partial charge on any atom is -0.00103 e. The fourth-order valence-corrected chi connectivity index (χ4v) is 3.21. The SMILES string of the molecule is CC(C)CCSCC1(CCN)CC1. The van der Waals surface area contributed by atoms with Crippen LogP contribution in [0, 0.1) is 11.3 Å². The zero-order chi connectivity index (χ0) is 9.73. The third kappa shape index (κ3) is 4.37. The van der Waals surface area contributed by atoms with Gasteiger partial charge in [0, 0.05) is 0 Å². The number of nitrogens with two attached hydrogens (primary N) is 1. The summed E-state index contributed by atoms with van der Waals surface area (Å²) < 4.78 is 0. The third-order valence-electron chi connectivity index (χ3n) is 2.88. The van der Waals surface area contributed by atoms with Crippen LogP contribution in [0.5, 0.6) is 0 Å². The van der Waals surface area contributed by atoms with Gasteiger partial charge in [0.25, 0.3) is 0 Å². The van der Waals surface area contributed by atoms with Crippen molar-refractivity contribution in [3.8, 4) is 0 Å². The second-order valence-corrected chi connectivity index (χ2v) is 5.88. The monoisotopic (exact) mass is 201 g/mol. The molecule has 2 N–H and O–H groups in total. The van der Waals surface area contributed by atoms with Crippen molar-refractivity contribution in [1.29, 1.82) is 0 Å². The van der Waals surface area contributed by atoms with Gasteiger partial charge in [-0.2, -0.15) is 11.8 Å². The minimum absolute atomic E-state index is 0.677. The molecule has 1 fully saturated rings. The zero-order valence-corrected chi connectivity index (χ0v) is 9.83. The molecule has 0 amide bonds. The summed E-state index contributed by atoms with van der Waals surface area (Å²) in [5.41, 5.74) is 6.27. The minimum Gasteiger partial charge on any atom is -0.330 e. The van der Waals surface area contributed by atoms with E-state index in [0.29, 0.717) is 5.41 Å². The van der Waals surface area contributed by atoms with Gasteiger partial charge in [0.1, 0.15) is 0 Å². The molecule has 0 heterocycles. The predicted molar refractivity (Wildman–Crippen MR) is 62.1 cm³/mol. The molecule has 1 nitrogen and oxygen atoms in total. The molecule has 0 saturated heterocycles. The van der Waals surface area contributed by atoms with E-state index in [-0.39, 0.29) is 0 Å². The summed E-state index contributed by atoms with van der Waals surface area (Å²) in [4.78, 5) is 0. The summed E-state index contributed by atoms with van der Waals surface area (Å²) in [6.45, 7) is 5.48. The molecule has 2 heteroatoms. The number of rotatable bonds is 7. The summed E-state index contributed by atoms with van der Waals surface area (Å²) in [6.07, 6.45) is 5.48. The molecule has 78 valence electrons. The normalized spacial score (nSPS) is 19.4. The van der Waals surface area contributed by atoms with Gasteiger partial charge in [-0.25, -0.2) is 0 Å². The Labute approximate surface area is 86.8 Å². The van der Waals surface area contributed by atoms with E-state index in [2.05, 4.69) is 25.6 Å². The van der Waals surface area contributed by atoms with E-state index in [1.165, 1.54) is 37.2 Å². The molecule has 1 rings (SSSR count). The summed E-state index contributed by atoms with van der Waals surface area (Å²) in [5, 5.41) is 0. The van der Waals surface area contributed by atoms with Crippen LogP contribution >= 0.6 is 11.8 Å². The van der Waals surface area contributed by atoms with Crippen LogP contribution in [0.15, 0.2) is 0 Å². The highest BCUT2D eigenvalue weighted by Crippen LogP contribution is 2.50. The highest BCUT2D eigenvalue weighted by atomic mass is 32.2. The fourth-order valence-electron chi connectivity index (χ4n) is 1.56. The van der Waals surface area contributed by atoms with Crippen LogP contribution in [0.3, 0.4) is 0 Å². The third-order valence-corrected chi connectivity index (χ3v) is 4.22. The molecule has 1 saturated carbocycles. The molecule has 13 heavy (non-hydrogen) atoms. The first-order chi connectivity index (χ1) is 6.18. The van der Waals surface area contributed by atoms with Gasteiger partial charge in [0.15, 0.2) is 0 Å². The molecular weight excluding hydrogens is 178 g/mol. The Hall–Kier alpha value is 0.310. The largest absolute Gasteiger partial charge is 0.330 e. The Bertz CT molecular complexity index is 141. The topological polar surface area (TPSA) is 26.0 Å². The van der Waals surface area contributed by atoms with Gasteiger partial charge in [-0.3, -0.25) is 0 Å². The maximum atomic E-state index is 5.60. The quantitative estimate of drug-likeness (QED) is 0.641. The van der Waals surface area contributed by atoms with Crippen LogP contribution in [-0.4, -0.2) is 18.1 Å². The van der Waals surface area contributed by atoms with Gasteiger partial charge in [-0.1, -0.05) is 13.8 Å². The van der Waals surface area contributed by atoms with E-state index in [1.807, 2.05) is 0 Å². The second kappa shape index (κ2) is 5.26. The summed E-state index contributed by atoms with van der Waals surface area (Å²) in [5.74, 6) is 3.55. The van der Waals surface area contributed by atoms with E-state index < -0.39 is 0 Å². The van der Waals surface area contributed by atoms with Crippen molar-refractivity contribution < 1.29 is 0 Å². The smallest absolute Gasteiger partial charge is 0.00103 e. The van der Waals surface area contributed by atoms with Crippen LogP contribution in [0.2, 0.25) is 0 Å². The Morgan fingerprint density at radius 1 is 1.38 bits per heavy atom. The van der Waals surface area contributed by atoms with Crippen LogP contribution in [0.4, 0.5) is 0 Å². The van der Waals surface area contributed by atoms with Gasteiger partial charge in [0.05, 0.1) is 0 Å². The maximum absolute atomic E-state index is 5.60. The molecule has 0 aromatic heterocycles. The van der Waals surface area contributed by atoms with Crippen LogP contribution < -0.4 is 5.73 Å². The van der Waals surface area contributed by atoms with Gasteiger partial charge < -0.3 is 5.73 Å². The van der Waals surface area contributed by atoms with E-state index in [9.17, 15) is 0 Å². The lowest BCUT2D eigenvalue weighted by atomic mass is 10.1. The predicted octanol–water partition coefficient (Wildman–Crippen LogP) is 2.89. The molecule has 0 spiro atoms. The average molecular weight is 201 g/mol. The Balaban J connectivity index is 1.99. The van der Waals surface area contributed by atoms with Crippen molar-refractivity contribution in [3.05, 3.63) is 0 Å². The van der Waals surface area contributed by atoms with E-state index in [0.717, 1.165) is 12.5 Å². The van der Waals surface area contributed by atoms with Crippen molar-refractivity contribution >= 4 is 11.8 Å². The van der Waals surface area contributed by atoms with Crippen LogP contribution in [0.1, 0.15) is 39.5 Å². The van der Waals surface area contributed by atoms with Crippen molar-refractivity contribution in [2.45, 2.75) is 39.5 Å². The second-order valence-electron chi connectivity index (χ2n) is 4.77. The number of thioether (sulfide) groups is 1. The van der Waals surface area contributed by atoms with Gasteiger partial charge in [-0.05, 0) is 55.1 Å². The Kier molecular flexibility index (Phi) is 4.60. The summed E-state index contributed by atoms with van der Waals surface area (Å²) in [7, 11) is 0. The van der Waals surface area contributed by atoms with E-state index in [1.54, 1.807) is 0 Å². The number of hydrogen-bond donors (Lipinski definition) is 1. The fraction of sp³-hybridized carbons (Fsp3) is 1.00. The van der Waals surface area contributed by atoms with Gasteiger partial charge in [-0.15, -0.1) is 0 Å². The molecule has 0 aromatic carbocycles. The lowest BCUT2D eigenvalue weighted by Crippen LogP contribution is -2.12. The highest BCUT2D eigenvalue weighted by molar-refractivity contribution is 7.99. The van der Waals surface area contributed by atoms with Crippen molar-refractivity contribution in [1.82, 2.24) is 0 Å². The van der Waals surface area contributed by atoms with Gasteiger partial charge in [0.2, 0.25) is 0 Å². The zero-order valence-electron chi connectivity index (χ0n) is 9.01. The van der Waals surface area contributed by atoms with Crippen LogP contribution in [0.25, 0.3) is 0 Å². The molecule has 0 aromatic rings. The Morgan fingerprint density at radius 2 is 2.08 bits per heavy atom. The summed E-state index contributed by atoms with van der Waals surface area (Å²) >= 11 is 2.14. The first-order valence-electron chi connectivity index (χ1n) is 5.46. The lowest BCUT2D eigenvalue weighted by molar-refractivity contribution is 0.536. The lowest BCUT2D eigenvalue weighted by Gasteiger charge is -2.13. The molecule has 1 aliphatic rings. The molecule has 1 aliphatic carbocycles. The molecule has 0 atom stereocenters. The number of hydrogen-bond acceptors (Lipinski definition) is 2. The summed E-state index contributed by atoms with van der Waals surface area (Å²) in [6, 6.07) is 0. The van der Waals surface area contributed by atoms with Gasteiger partial charge >= 0.3 is 0 Å².